The molecule has 1 aliphatic rings. The van der Waals surface area contributed by atoms with E-state index in [2.05, 4.69) is 15.3 Å². The summed E-state index contributed by atoms with van der Waals surface area (Å²) in [6.45, 7) is 1.93. The Labute approximate surface area is 111 Å². The van der Waals surface area contributed by atoms with E-state index >= 15 is 0 Å². The van der Waals surface area contributed by atoms with Gasteiger partial charge in [0.15, 0.2) is 0 Å². The summed E-state index contributed by atoms with van der Waals surface area (Å²) >= 11 is 0. The summed E-state index contributed by atoms with van der Waals surface area (Å²) in [4.78, 5) is 14.1. The number of nitrogens with zero attached hydrogens (tertiary/aromatic N) is 4. The Morgan fingerprint density at radius 1 is 1.47 bits per heavy atom. The molecule has 0 radical (unpaired) electrons. The van der Waals surface area contributed by atoms with Gasteiger partial charge in [-0.3, -0.25) is 14.6 Å². The Kier molecular flexibility index (Phi) is 3.31. The molecule has 0 aliphatic carbocycles. The number of hydrogen-bond acceptors (Lipinski definition) is 3. The Bertz CT molecular complexity index is 519. The maximum atomic E-state index is 12.2. The molecule has 1 amide bonds. The van der Waals surface area contributed by atoms with Crippen LogP contribution in [0.25, 0.3) is 0 Å². The number of aromatic nitrogens is 4. The molecule has 1 fully saturated rings. The fourth-order valence-electron chi connectivity index (χ4n) is 2.58. The zero-order valence-electron chi connectivity index (χ0n) is 10.7. The largest absolute Gasteiger partial charge is 0.340 e. The van der Waals surface area contributed by atoms with Crippen LogP contribution >= 0.6 is 0 Å². The van der Waals surface area contributed by atoms with E-state index in [1.807, 2.05) is 23.2 Å². The van der Waals surface area contributed by atoms with E-state index in [9.17, 15) is 4.79 Å². The number of carbonyl (C=O) groups excluding carboxylic acids is 1. The van der Waals surface area contributed by atoms with Gasteiger partial charge in [0.05, 0.1) is 0 Å². The van der Waals surface area contributed by atoms with Gasteiger partial charge in [0.1, 0.15) is 6.54 Å². The molecule has 3 rings (SSSR count). The maximum absolute atomic E-state index is 12.2. The summed E-state index contributed by atoms with van der Waals surface area (Å²) in [7, 11) is 0. The van der Waals surface area contributed by atoms with Crippen molar-refractivity contribution in [2.75, 3.05) is 13.1 Å². The number of likely N-dealkylation sites (tertiary alicyclic amines) is 1. The first-order valence-electron chi connectivity index (χ1n) is 6.57. The zero-order valence-corrected chi connectivity index (χ0v) is 10.7. The first-order valence-corrected chi connectivity index (χ1v) is 6.57. The van der Waals surface area contributed by atoms with E-state index in [0.29, 0.717) is 12.5 Å². The molecule has 1 N–H and O–H groups in total. The standard InChI is InChI=1S/C13H17N5O/c19-13(10-18-8-2-5-15-18)17-7-1-3-11(9-17)12-4-6-14-16-12/h2,4-6,8,11H,1,3,7,9-10H2,(H,14,16)/t11-/m1/s1. The first kappa shape index (κ1) is 12.0. The van der Waals surface area contributed by atoms with Crippen LogP contribution in [0.3, 0.4) is 0 Å². The highest BCUT2D eigenvalue weighted by molar-refractivity contribution is 5.76. The summed E-state index contributed by atoms with van der Waals surface area (Å²) in [6, 6.07) is 3.82. The van der Waals surface area contributed by atoms with Crippen molar-refractivity contribution >= 4 is 5.91 Å². The Morgan fingerprint density at radius 2 is 2.42 bits per heavy atom. The van der Waals surface area contributed by atoms with Crippen molar-refractivity contribution in [3.05, 3.63) is 36.4 Å². The van der Waals surface area contributed by atoms with Gasteiger partial charge in [0, 0.05) is 43.3 Å². The van der Waals surface area contributed by atoms with Crippen LogP contribution in [0.1, 0.15) is 24.5 Å². The van der Waals surface area contributed by atoms with E-state index in [0.717, 1.165) is 31.6 Å². The highest BCUT2D eigenvalue weighted by atomic mass is 16.2. The molecule has 3 heterocycles. The molecule has 0 spiro atoms. The Morgan fingerprint density at radius 3 is 3.16 bits per heavy atom. The highest BCUT2D eigenvalue weighted by Crippen LogP contribution is 2.25. The molecular formula is C13H17N5O. The summed E-state index contributed by atoms with van der Waals surface area (Å²) in [5.41, 5.74) is 1.12. The molecule has 0 bridgehead atoms. The second-order valence-corrected chi connectivity index (χ2v) is 4.89. The summed E-state index contributed by atoms with van der Waals surface area (Å²) in [5.74, 6) is 0.505. The van der Waals surface area contributed by atoms with Crippen LogP contribution in [-0.2, 0) is 11.3 Å². The molecule has 100 valence electrons. The van der Waals surface area contributed by atoms with Crippen LogP contribution in [-0.4, -0.2) is 43.9 Å². The summed E-state index contributed by atoms with van der Waals surface area (Å²) in [6.07, 6.45) is 7.41. The number of aromatic amines is 1. The van der Waals surface area contributed by atoms with Crippen molar-refractivity contribution in [2.24, 2.45) is 0 Å². The van der Waals surface area contributed by atoms with Crippen molar-refractivity contribution in [1.82, 2.24) is 24.9 Å². The quantitative estimate of drug-likeness (QED) is 0.894. The molecule has 0 saturated carbocycles. The van der Waals surface area contributed by atoms with Gasteiger partial charge in [-0.25, -0.2) is 0 Å². The normalized spacial score (nSPS) is 19.6. The molecule has 6 heteroatoms. The smallest absolute Gasteiger partial charge is 0.244 e. The number of hydrogen-bond donors (Lipinski definition) is 1. The van der Waals surface area contributed by atoms with E-state index in [1.165, 1.54) is 0 Å². The lowest BCUT2D eigenvalue weighted by Gasteiger charge is -2.32. The third-order valence-electron chi connectivity index (χ3n) is 3.59. The van der Waals surface area contributed by atoms with Crippen LogP contribution in [0.15, 0.2) is 30.7 Å². The number of carbonyl (C=O) groups is 1. The molecule has 6 nitrogen and oxygen atoms in total. The fraction of sp³-hybridized carbons (Fsp3) is 0.462. The van der Waals surface area contributed by atoms with Gasteiger partial charge in [-0.15, -0.1) is 0 Å². The van der Waals surface area contributed by atoms with Gasteiger partial charge < -0.3 is 4.90 Å². The molecular weight excluding hydrogens is 242 g/mol. The van der Waals surface area contributed by atoms with Crippen LogP contribution < -0.4 is 0 Å². The lowest BCUT2D eigenvalue weighted by atomic mass is 9.95. The first-order chi connectivity index (χ1) is 9.33. The van der Waals surface area contributed by atoms with Gasteiger partial charge >= 0.3 is 0 Å². The molecule has 1 aliphatic heterocycles. The fourth-order valence-corrected chi connectivity index (χ4v) is 2.58. The molecule has 1 atom stereocenters. The maximum Gasteiger partial charge on any atom is 0.244 e. The van der Waals surface area contributed by atoms with Gasteiger partial charge in [0.25, 0.3) is 0 Å². The van der Waals surface area contributed by atoms with Crippen molar-refractivity contribution < 1.29 is 4.79 Å². The number of rotatable bonds is 3. The van der Waals surface area contributed by atoms with Crippen molar-refractivity contribution in [3.63, 3.8) is 0 Å². The Balaban J connectivity index is 1.63. The summed E-state index contributed by atoms with van der Waals surface area (Å²) in [5, 5.41) is 11.1. The monoisotopic (exact) mass is 259 g/mol. The number of nitrogens with one attached hydrogen (secondary N) is 1. The van der Waals surface area contributed by atoms with Crippen molar-refractivity contribution in [1.29, 1.82) is 0 Å². The lowest BCUT2D eigenvalue weighted by molar-refractivity contribution is -0.133. The SMILES string of the molecule is O=C(Cn1cccn1)N1CCC[C@@H](c2ccn[nH]2)C1. The Hall–Kier alpha value is -2.11. The molecule has 0 aromatic carbocycles. The molecule has 1 saturated heterocycles. The molecule has 2 aromatic rings. The minimum absolute atomic E-state index is 0.132. The topological polar surface area (TPSA) is 66.8 Å². The minimum Gasteiger partial charge on any atom is -0.340 e. The van der Waals surface area contributed by atoms with Gasteiger partial charge in [0.2, 0.25) is 5.91 Å². The minimum atomic E-state index is 0.132. The molecule has 2 aromatic heterocycles. The average molecular weight is 259 g/mol. The van der Waals surface area contributed by atoms with Crippen LogP contribution in [0.5, 0.6) is 0 Å². The zero-order chi connectivity index (χ0) is 13.1. The average Bonchev–Trinajstić information content (AvgIpc) is 3.12. The summed E-state index contributed by atoms with van der Waals surface area (Å²) < 4.78 is 1.67. The third kappa shape index (κ3) is 2.67. The third-order valence-corrected chi connectivity index (χ3v) is 3.59. The predicted octanol–water partition coefficient (Wildman–Crippen LogP) is 1.01. The van der Waals surface area contributed by atoms with Crippen LogP contribution in [0.2, 0.25) is 0 Å². The second kappa shape index (κ2) is 5.26. The van der Waals surface area contributed by atoms with Crippen LogP contribution in [0.4, 0.5) is 0 Å². The van der Waals surface area contributed by atoms with E-state index in [4.69, 9.17) is 0 Å². The lowest BCUT2D eigenvalue weighted by Crippen LogP contribution is -2.41. The van der Waals surface area contributed by atoms with Gasteiger partial charge in [-0.2, -0.15) is 10.2 Å². The molecule has 0 unspecified atom stereocenters. The van der Waals surface area contributed by atoms with Crippen molar-refractivity contribution in [2.45, 2.75) is 25.3 Å². The predicted molar refractivity (Wildman–Crippen MR) is 69.4 cm³/mol. The second-order valence-electron chi connectivity index (χ2n) is 4.89. The van der Waals surface area contributed by atoms with Gasteiger partial charge in [-0.1, -0.05) is 0 Å². The van der Waals surface area contributed by atoms with E-state index < -0.39 is 0 Å². The highest BCUT2D eigenvalue weighted by Gasteiger charge is 2.25. The van der Waals surface area contributed by atoms with Crippen molar-refractivity contribution in [3.8, 4) is 0 Å². The van der Waals surface area contributed by atoms with E-state index in [-0.39, 0.29) is 5.91 Å². The number of amides is 1. The van der Waals surface area contributed by atoms with Gasteiger partial charge in [-0.05, 0) is 25.0 Å². The number of piperidine rings is 1. The number of H-pyrrole nitrogens is 1. The van der Waals surface area contributed by atoms with E-state index in [1.54, 1.807) is 17.1 Å². The molecule has 19 heavy (non-hydrogen) atoms. The van der Waals surface area contributed by atoms with Crippen LogP contribution in [0, 0.1) is 0 Å².